The van der Waals surface area contributed by atoms with Crippen molar-refractivity contribution in [3.63, 3.8) is 0 Å². The maximum Gasteiger partial charge on any atom is 0.161 e. The fourth-order valence-corrected chi connectivity index (χ4v) is 4.15. The molecule has 6 heteroatoms. The Morgan fingerprint density at radius 3 is 2.16 bits per heavy atom. The van der Waals surface area contributed by atoms with Crippen LogP contribution >= 0.6 is 11.8 Å². The van der Waals surface area contributed by atoms with Gasteiger partial charge in [-0.1, -0.05) is 23.9 Å². The van der Waals surface area contributed by atoms with Gasteiger partial charge in [0.25, 0.3) is 0 Å². The highest BCUT2D eigenvalue weighted by atomic mass is 32.2. The van der Waals surface area contributed by atoms with Crippen molar-refractivity contribution < 1.29 is 8.78 Å². The molecule has 1 aliphatic heterocycles. The molecule has 1 aliphatic rings. The number of aliphatic imine (C=N–C) groups is 1. The molecule has 0 aliphatic carbocycles. The Morgan fingerprint density at radius 2 is 1.52 bits per heavy atom. The lowest BCUT2D eigenvalue weighted by molar-refractivity contribution is 0.626. The average Bonchev–Trinajstić information content (AvgIpc) is 2.92. The van der Waals surface area contributed by atoms with Crippen molar-refractivity contribution in [1.29, 1.82) is 0 Å². The van der Waals surface area contributed by atoms with E-state index in [2.05, 4.69) is 10.1 Å². The van der Waals surface area contributed by atoms with Gasteiger partial charge in [0.05, 0.1) is 21.7 Å². The molecule has 0 fully saturated rings. The van der Waals surface area contributed by atoms with Gasteiger partial charge in [-0.3, -0.25) is 0 Å². The van der Waals surface area contributed by atoms with E-state index in [1.165, 1.54) is 24.3 Å². The first-order chi connectivity index (χ1) is 12.0. The second kappa shape index (κ2) is 6.11. The highest BCUT2D eigenvalue weighted by Gasteiger charge is 2.30. The van der Waals surface area contributed by atoms with Crippen molar-refractivity contribution >= 4 is 22.6 Å². The summed E-state index contributed by atoms with van der Waals surface area (Å²) >= 11 is 1.63. The van der Waals surface area contributed by atoms with Crippen LogP contribution in [-0.4, -0.2) is 14.8 Å². The van der Waals surface area contributed by atoms with Crippen LogP contribution < -0.4 is 0 Å². The van der Waals surface area contributed by atoms with Crippen molar-refractivity contribution in [2.75, 3.05) is 0 Å². The van der Waals surface area contributed by atoms with Gasteiger partial charge < -0.3 is 0 Å². The van der Waals surface area contributed by atoms with Crippen LogP contribution in [0.1, 0.15) is 29.0 Å². The number of thioether (sulfide) groups is 1. The minimum atomic E-state index is -0.291. The minimum absolute atomic E-state index is 0.00213. The third-order valence-electron chi connectivity index (χ3n) is 4.14. The lowest BCUT2D eigenvalue weighted by atomic mass is 10.0. The van der Waals surface area contributed by atoms with Crippen LogP contribution in [0.25, 0.3) is 5.69 Å². The molecule has 126 valence electrons. The van der Waals surface area contributed by atoms with Crippen molar-refractivity contribution in [3.8, 4) is 5.69 Å². The summed E-state index contributed by atoms with van der Waals surface area (Å²) in [7, 11) is 0. The van der Waals surface area contributed by atoms with Crippen molar-refractivity contribution in [2.45, 2.75) is 19.1 Å². The van der Waals surface area contributed by atoms with E-state index in [0.717, 1.165) is 33.4 Å². The molecule has 1 atom stereocenters. The Morgan fingerprint density at radius 1 is 0.920 bits per heavy atom. The molecule has 0 unspecified atom stereocenters. The van der Waals surface area contributed by atoms with Crippen LogP contribution in [0.4, 0.5) is 14.6 Å². The summed E-state index contributed by atoms with van der Waals surface area (Å²) < 4.78 is 28.3. The zero-order valence-corrected chi connectivity index (χ0v) is 14.5. The Labute approximate surface area is 148 Å². The van der Waals surface area contributed by atoms with Crippen LogP contribution in [0, 0.1) is 18.6 Å². The standard InChI is InChI=1S/C19H15F2N3S/c1-11-17-18(13-3-5-14(20)6-4-13)25-12(2)22-19(17)24(23-11)16-9-7-15(21)8-10-16/h3-10,18H,1-2H3/t18-/m0/s1. The molecule has 0 radical (unpaired) electrons. The van der Waals surface area contributed by atoms with E-state index < -0.39 is 0 Å². The van der Waals surface area contributed by atoms with Crippen LogP contribution in [0.3, 0.4) is 0 Å². The molecule has 25 heavy (non-hydrogen) atoms. The number of aromatic nitrogens is 2. The number of rotatable bonds is 2. The average molecular weight is 355 g/mol. The first-order valence-electron chi connectivity index (χ1n) is 7.86. The third kappa shape index (κ3) is 2.87. The number of aryl methyl sites for hydroxylation is 1. The molecule has 3 aromatic rings. The fraction of sp³-hybridized carbons (Fsp3) is 0.158. The molecule has 0 spiro atoms. The minimum Gasteiger partial charge on any atom is -0.227 e. The predicted octanol–water partition coefficient (Wildman–Crippen LogP) is 5.35. The number of halogens is 2. The number of nitrogens with zero attached hydrogens (tertiary/aromatic N) is 3. The lowest BCUT2D eigenvalue weighted by Crippen LogP contribution is -2.06. The van der Waals surface area contributed by atoms with E-state index in [1.54, 1.807) is 40.7 Å². The van der Waals surface area contributed by atoms with E-state index in [9.17, 15) is 8.78 Å². The highest BCUT2D eigenvalue weighted by molar-refractivity contribution is 8.14. The van der Waals surface area contributed by atoms with Crippen LogP contribution in [-0.2, 0) is 0 Å². The zero-order chi connectivity index (χ0) is 17.6. The van der Waals surface area contributed by atoms with Crippen molar-refractivity contribution in [2.24, 2.45) is 4.99 Å². The third-order valence-corrected chi connectivity index (χ3v) is 5.32. The van der Waals surface area contributed by atoms with Gasteiger partial charge >= 0.3 is 0 Å². The van der Waals surface area contributed by atoms with E-state index >= 15 is 0 Å². The summed E-state index contributed by atoms with van der Waals surface area (Å²) in [6, 6.07) is 12.7. The Bertz CT molecular complexity index is 960. The van der Waals surface area contributed by atoms with E-state index in [-0.39, 0.29) is 16.9 Å². The molecule has 2 heterocycles. The SMILES string of the molecule is CC1=Nc2c(c(C)nn2-c2ccc(F)cc2)[C@H](c2ccc(F)cc2)S1. The van der Waals surface area contributed by atoms with Gasteiger partial charge in [-0.25, -0.2) is 18.5 Å². The summed E-state index contributed by atoms with van der Waals surface area (Å²) in [6.07, 6.45) is 0. The molecule has 0 amide bonds. The van der Waals surface area contributed by atoms with Crippen molar-refractivity contribution in [3.05, 3.63) is 77.0 Å². The van der Waals surface area contributed by atoms with Gasteiger partial charge in [-0.2, -0.15) is 5.10 Å². The molecule has 0 saturated carbocycles. The quantitative estimate of drug-likeness (QED) is 0.621. The van der Waals surface area contributed by atoms with E-state index in [1.807, 2.05) is 13.8 Å². The molecule has 0 N–H and O–H groups in total. The molecule has 0 bridgehead atoms. The van der Waals surface area contributed by atoms with Gasteiger partial charge in [-0.05, 0) is 55.8 Å². The van der Waals surface area contributed by atoms with Gasteiger partial charge in [0.2, 0.25) is 0 Å². The maximum atomic E-state index is 13.3. The molecule has 2 aromatic carbocycles. The topological polar surface area (TPSA) is 30.2 Å². The number of benzene rings is 2. The van der Waals surface area contributed by atoms with Crippen molar-refractivity contribution in [1.82, 2.24) is 9.78 Å². The van der Waals surface area contributed by atoms with Crippen LogP contribution in [0.15, 0.2) is 53.5 Å². The summed E-state index contributed by atoms with van der Waals surface area (Å²) in [6.45, 7) is 3.88. The predicted molar refractivity (Wildman–Crippen MR) is 96.9 cm³/mol. The maximum absolute atomic E-state index is 13.3. The van der Waals surface area contributed by atoms with Gasteiger partial charge in [-0.15, -0.1) is 0 Å². The molecule has 1 aromatic heterocycles. The van der Waals surface area contributed by atoms with Gasteiger partial charge in [0.15, 0.2) is 5.82 Å². The fourth-order valence-electron chi connectivity index (χ4n) is 2.98. The number of fused-ring (bicyclic) bond motifs is 1. The normalized spacial score (nSPS) is 16.5. The highest BCUT2D eigenvalue weighted by Crippen LogP contribution is 2.47. The van der Waals surface area contributed by atoms with Gasteiger partial charge in [0.1, 0.15) is 11.6 Å². The number of hydrogen-bond acceptors (Lipinski definition) is 3. The van der Waals surface area contributed by atoms with Crippen LogP contribution in [0.2, 0.25) is 0 Å². The van der Waals surface area contributed by atoms with Crippen LogP contribution in [0.5, 0.6) is 0 Å². The Hall–Kier alpha value is -2.47. The zero-order valence-electron chi connectivity index (χ0n) is 13.7. The summed E-state index contributed by atoms with van der Waals surface area (Å²) in [5.41, 5.74) is 3.62. The molecule has 4 rings (SSSR count). The monoisotopic (exact) mass is 355 g/mol. The van der Waals surface area contributed by atoms with Gasteiger partial charge in [0, 0.05) is 5.56 Å². The summed E-state index contributed by atoms with van der Waals surface area (Å²) in [5.74, 6) is 0.199. The molecule has 0 saturated heterocycles. The Balaban J connectivity index is 1.87. The molecule has 3 nitrogen and oxygen atoms in total. The second-order valence-electron chi connectivity index (χ2n) is 5.89. The van der Waals surface area contributed by atoms with E-state index in [0.29, 0.717) is 0 Å². The first kappa shape index (κ1) is 16.0. The first-order valence-corrected chi connectivity index (χ1v) is 8.74. The summed E-state index contributed by atoms with van der Waals surface area (Å²) in [5, 5.41) is 5.53. The molecular weight excluding hydrogens is 340 g/mol. The smallest absolute Gasteiger partial charge is 0.161 e. The second-order valence-corrected chi connectivity index (χ2v) is 7.19. The van der Waals surface area contributed by atoms with E-state index in [4.69, 9.17) is 0 Å². The molecular formula is C19H15F2N3S. The number of hydrogen-bond donors (Lipinski definition) is 0. The largest absolute Gasteiger partial charge is 0.227 e. The lowest BCUT2D eigenvalue weighted by Gasteiger charge is -2.22. The summed E-state index contributed by atoms with van der Waals surface area (Å²) in [4.78, 5) is 4.67. The Kier molecular flexibility index (Phi) is 3.92.